The number of amides is 1. The van der Waals surface area contributed by atoms with Crippen LogP contribution in [0, 0.1) is 6.92 Å². The largest absolute Gasteiger partial charge is 0.496 e. The Hall–Kier alpha value is -2.27. The van der Waals surface area contributed by atoms with E-state index in [1.165, 1.54) is 4.90 Å². The van der Waals surface area contributed by atoms with E-state index in [4.69, 9.17) is 4.74 Å². The van der Waals surface area contributed by atoms with E-state index >= 15 is 0 Å². The second kappa shape index (κ2) is 8.02. The third-order valence-corrected chi connectivity index (χ3v) is 4.50. The molecule has 0 saturated carbocycles. The number of likely N-dealkylation sites (N-methyl/N-ethyl adjacent to an activating group) is 1. The van der Waals surface area contributed by atoms with Gasteiger partial charge in [0.25, 0.3) is 5.91 Å². The van der Waals surface area contributed by atoms with Crippen LogP contribution in [0.25, 0.3) is 0 Å². The number of thioether (sulfide) groups is 1. The summed E-state index contributed by atoms with van der Waals surface area (Å²) in [5.74, 6) is -0.248. The Balaban J connectivity index is 2.11. The fourth-order valence-electron chi connectivity index (χ4n) is 2.33. The second-order valence-corrected chi connectivity index (χ2v) is 6.39. The summed E-state index contributed by atoms with van der Waals surface area (Å²) >= 11 is 1.60. The molecular formula is C19H21NO3S. The molecule has 0 radical (unpaired) electrons. The number of aryl methyl sites for hydroxylation is 1. The van der Waals surface area contributed by atoms with Crippen molar-refractivity contribution in [1.29, 1.82) is 0 Å². The maximum atomic E-state index is 12.4. The van der Waals surface area contributed by atoms with E-state index in [0.29, 0.717) is 12.1 Å². The van der Waals surface area contributed by atoms with Crippen LogP contribution in [0.1, 0.15) is 21.5 Å². The number of rotatable bonds is 6. The first-order valence-corrected chi connectivity index (χ1v) is 8.76. The quantitative estimate of drug-likeness (QED) is 0.457. The fraction of sp³-hybridized carbons (Fsp3) is 0.263. The van der Waals surface area contributed by atoms with Gasteiger partial charge in [-0.25, -0.2) is 0 Å². The van der Waals surface area contributed by atoms with E-state index in [0.717, 1.165) is 21.8 Å². The highest BCUT2D eigenvalue weighted by atomic mass is 32.2. The lowest BCUT2D eigenvalue weighted by molar-refractivity contribution is -0.125. The van der Waals surface area contributed by atoms with Crippen LogP contribution in [0.3, 0.4) is 0 Å². The first kappa shape index (κ1) is 18.1. The van der Waals surface area contributed by atoms with Gasteiger partial charge in [0.1, 0.15) is 5.75 Å². The first-order valence-electron chi connectivity index (χ1n) is 7.53. The van der Waals surface area contributed by atoms with E-state index in [2.05, 4.69) is 0 Å². The molecule has 4 nitrogen and oxygen atoms in total. The number of ketones is 1. The summed E-state index contributed by atoms with van der Waals surface area (Å²) in [6.45, 7) is 2.29. The molecule has 24 heavy (non-hydrogen) atoms. The Labute approximate surface area is 146 Å². The average molecular weight is 343 g/mol. The van der Waals surface area contributed by atoms with Gasteiger partial charge in [-0.05, 0) is 30.9 Å². The van der Waals surface area contributed by atoms with Crippen LogP contribution < -0.4 is 4.74 Å². The minimum Gasteiger partial charge on any atom is -0.496 e. The fourth-order valence-corrected chi connectivity index (χ4v) is 2.87. The molecule has 1 amide bonds. The van der Waals surface area contributed by atoms with E-state index in [1.807, 2.05) is 43.5 Å². The van der Waals surface area contributed by atoms with Crippen molar-refractivity contribution < 1.29 is 14.3 Å². The Morgan fingerprint density at radius 2 is 1.79 bits per heavy atom. The van der Waals surface area contributed by atoms with E-state index in [-0.39, 0.29) is 0 Å². The summed E-state index contributed by atoms with van der Waals surface area (Å²) in [5.41, 5.74) is 2.37. The van der Waals surface area contributed by atoms with Gasteiger partial charge in [0.15, 0.2) is 0 Å². The van der Waals surface area contributed by atoms with Crippen LogP contribution in [0.4, 0.5) is 0 Å². The van der Waals surface area contributed by atoms with Crippen molar-refractivity contribution in [3.63, 3.8) is 0 Å². The summed E-state index contributed by atoms with van der Waals surface area (Å²) < 4.78 is 5.36. The Morgan fingerprint density at radius 3 is 2.38 bits per heavy atom. The molecule has 0 fully saturated rings. The summed E-state index contributed by atoms with van der Waals surface area (Å²) in [6, 6.07) is 12.8. The Kier molecular flexibility index (Phi) is 6.04. The molecule has 0 aromatic heterocycles. The highest BCUT2D eigenvalue weighted by molar-refractivity contribution is 7.98. The van der Waals surface area contributed by atoms with Crippen molar-refractivity contribution in [2.24, 2.45) is 0 Å². The summed E-state index contributed by atoms with van der Waals surface area (Å²) in [4.78, 5) is 27.1. The van der Waals surface area contributed by atoms with Gasteiger partial charge in [0.05, 0.1) is 7.11 Å². The number of nitrogens with zero attached hydrogens (tertiary/aromatic N) is 1. The highest BCUT2D eigenvalue weighted by Crippen LogP contribution is 2.28. The molecular weight excluding hydrogens is 322 g/mol. The molecule has 5 heteroatoms. The van der Waals surface area contributed by atoms with Crippen LogP contribution in [0.2, 0.25) is 0 Å². The number of hydrogen-bond acceptors (Lipinski definition) is 4. The molecule has 2 aromatic rings. The predicted octanol–water partition coefficient (Wildman–Crippen LogP) is 3.57. The maximum Gasteiger partial charge on any atom is 0.294 e. The van der Waals surface area contributed by atoms with Crippen molar-refractivity contribution in [3.05, 3.63) is 59.2 Å². The zero-order chi connectivity index (χ0) is 17.7. The second-order valence-electron chi connectivity index (χ2n) is 5.55. The molecule has 2 aromatic carbocycles. The molecule has 0 unspecified atom stereocenters. The normalized spacial score (nSPS) is 10.3. The van der Waals surface area contributed by atoms with E-state index in [1.54, 1.807) is 38.1 Å². The molecule has 0 aliphatic carbocycles. The highest BCUT2D eigenvalue weighted by Gasteiger charge is 2.20. The molecule has 0 N–H and O–H groups in total. The number of methoxy groups -OCH3 is 1. The van der Waals surface area contributed by atoms with Crippen LogP contribution in [-0.4, -0.2) is 37.0 Å². The smallest absolute Gasteiger partial charge is 0.294 e. The van der Waals surface area contributed by atoms with Crippen molar-refractivity contribution in [1.82, 2.24) is 4.90 Å². The van der Waals surface area contributed by atoms with Crippen LogP contribution in [0.5, 0.6) is 5.75 Å². The van der Waals surface area contributed by atoms with Crippen LogP contribution in [0.15, 0.2) is 47.4 Å². The SMILES string of the molecule is COc1cc(CN(C)C(=O)C(=O)c2ccc(C)cc2)ccc1SC. The Morgan fingerprint density at radius 1 is 1.12 bits per heavy atom. The van der Waals surface area contributed by atoms with Crippen molar-refractivity contribution in [3.8, 4) is 5.75 Å². The first-order chi connectivity index (χ1) is 11.5. The molecule has 2 rings (SSSR count). The molecule has 0 spiro atoms. The standard InChI is InChI=1S/C19H21NO3S/c1-13-5-8-15(9-6-13)18(21)19(22)20(2)12-14-7-10-17(24-4)16(11-14)23-3/h5-11H,12H2,1-4H3. The Bertz CT molecular complexity index is 741. The average Bonchev–Trinajstić information content (AvgIpc) is 2.60. The molecule has 0 bridgehead atoms. The lowest BCUT2D eigenvalue weighted by Gasteiger charge is -2.17. The summed E-state index contributed by atoms with van der Waals surface area (Å²) in [7, 11) is 3.25. The zero-order valence-corrected chi connectivity index (χ0v) is 15.1. The number of Topliss-reactive ketones (excluding diaryl/α,β-unsaturated/α-hetero) is 1. The summed E-state index contributed by atoms with van der Waals surface area (Å²) in [5, 5.41) is 0. The molecule has 0 atom stereocenters. The molecule has 0 heterocycles. The lowest BCUT2D eigenvalue weighted by atomic mass is 10.1. The third-order valence-electron chi connectivity index (χ3n) is 3.72. The minimum atomic E-state index is -0.522. The topological polar surface area (TPSA) is 46.6 Å². The van der Waals surface area contributed by atoms with Crippen LogP contribution >= 0.6 is 11.8 Å². The molecule has 0 aliphatic rings. The van der Waals surface area contributed by atoms with Gasteiger partial charge in [0, 0.05) is 24.1 Å². The molecule has 0 aliphatic heterocycles. The van der Waals surface area contributed by atoms with Gasteiger partial charge in [-0.15, -0.1) is 11.8 Å². The minimum absolute atomic E-state index is 0.349. The number of carbonyl (C=O) groups is 2. The van der Waals surface area contributed by atoms with Crippen molar-refractivity contribution in [2.75, 3.05) is 20.4 Å². The maximum absolute atomic E-state index is 12.4. The summed E-state index contributed by atoms with van der Waals surface area (Å²) in [6.07, 6.45) is 1.98. The number of hydrogen-bond donors (Lipinski definition) is 0. The number of carbonyl (C=O) groups excluding carboxylic acids is 2. The van der Waals surface area contributed by atoms with Gasteiger partial charge in [-0.1, -0.05) is 35.9 Å². The predicted molar refractivity (Wildman–Crippen MR) is 96.8 cm³/mol. The van der Waals surface area contributed by atoms with Gasteiger partial charge in [-0.3, -0.25) is 9.59 Å². The van der Waals surface area contributed by atoms with Crippen molar-refractivity contribution in [2.45, 2.75) is 18.4 Å². The monoisotopic (exact) mass is 343 g/mol. The van der Waals surface area contributed by atoms with Crippen molar-refractivity contribution >= 4 is 23.5 Å². The molecule has 126 valence electrons. The van der Waals surface area contributed by atoms with Gasteiger partial charge in [-0.2, -0.15) is 0 Å². The number of benzene rings is 2. The van der Waals surface area contributed by atoms with E-state index in [9.17, 15) is 9.59 Å². The van der Waals surface area contributed by atoms with Gasteiger partial charge >= 0.3 is 0 Å². The van der Waals surface area contributed by atoms with Gasteiger partial charge in [0.2, 0.25) is 5.78 Å². The zero-order valence-electron chi connectivity index (χ0n) is 14.3. The van der Waals surface area contributed by atoms with Crippen LogP contribution in [-0.2, 0) is 11.3 Å². The molecule has 0 saturated heterocycles. The number of ether oxygens (including phenoxy) is 1. The van der Waals surface area contributed by atoms with Gasteiger partial charge < -0.3 is 9.64 Å². The van der Waals surface area contributed by atoms with E-state index < -0.39 is 11.7 Å². The third kappa shape index (κ3) is 4.17. The lowest BCUT2D eigenvalue weighted by Crippen LogP contribution is -2.32.